The second kappa shape index (κ2) is 5.34. The molecule has 2 aromatic heterocycles. The molecule has 1 unspecified atom stereocenters. The molecule has 0 N–H and O–H groups in total. The Hall–Kier alpha value is -1.34. The van der Waals surface area contributed by atoms with Gasteiger partial charge in [-0.1, -0.05) is 11.8 Å². The van der Waals surface area contributed by atoms with Gasteiger partial charge >= 0.3 is 0 Å². The number of thioether (sulfide) groups is 1. The van der Waals surface area contributed by atoms with E-state index in [-0.39, 0.29) is 16.7 Å². The van der Waals surface area contributed by atoms with Gasteiger partial charge in [0.15, 0.2) is 5.16 Å². The van der Waals surface area contributed by atoms with Crippen LogP contribution in [0.15, 0.2) is 21.4 Å². The Balaban J connectivity index is 2.38. The highest BCUT2D eigenvalue weighted by Crippen LogP contribution is 2.24. The molecular formula is C12H15N3O2S2. The van der Waals surface area contributed by atoms with E-state index in [1.807, 2.05) is 12.3 Å². The van der Waals surface area contributed by atoms with E-state index in [0.717, 1.165) is 4.83 Å². The van der Waals surface area contributed by atoms with Gasteiger partial charge in [-0.2, -0.15) is 0 Å². The predicted molar refractivity (Wildman–Crippen MR) is 78.9 cm³/mol. The van der Waals surface area contributed by atoms with Crippen LogP contribution >= 0.6 is 23.1 Å². The maximum atomic E-state index is 12.1. The Morgan fingerprint density at radius 1 is 1.53 bits per heavy atom. The van der Waals surface area contributed by atoms with Gasteiger partial charge in [0.25, 0.3) is 5.56 Å². The Bertz CT molecular complexity index is 675. The van der Waals surface area contributed by atoms with Crippen molar-refractivity contribution in [3.8, 4) is 0 Å². The number of fused-ring (bicyclic) bond motifs is 1. The Kier molecular flexibility index (Phi) is 3.96. The van der Waals surface area contributed by atoms with E-state index >= 15 is 0 Å². The first-order valence-electron chi connectivity index (χ1n) is 5.74. The summed E-state index contributed by atoms with van der Waals surface area (Å²) in [7, 11) is 5.12. The number of rotatable bonds is 3. The van der Waals surface area contributed by atoms with E-state index in [4.69, 9.17) is 0 Å². The first kappa shape index (κ1) is 14.1. The molecule has 0 aliphatic heterocycles. The summed E-state index contributed by atoms with van der Waals surface area (Å²) in [6, 6.07) is 1.78. The number of carbonyl (C=O) groups excluding carboxylic acids is 1. The minimum Gasteiger partial charge on any atom is -0.348 e. The zero-order valence-electron chi connectivity index (χ0n) is 11.2. The van der Waals surface area contributed by atoms with Gasteiger partial charge in [-0.15, -0.1) is 11.3 Å². The van der Waals surface area contributed by atoms with Gasteiger partial charge in [-0.05, 0) is 18.4 Å². The molecule has 1 atom stereocenters. The van der Waals surface area contributed by atoms with Crippen LogP contribution in [0.25, 0.3) is 10.2 Å². The van der Waals surface area contributed by atoms with Crippen molar-refractivity contribution in [1.82, 2.24) is 14.5 Å². The average Bonchev–Trinajstić information content (AvgIpc) is 2.82. The van der Waals surface area contributed by atoms with Gasteiger partial charge in [0.2, 0.25) is 5.91 Å². The molecule has 5 nitrogen and oxygen atoms in total. The molecule has 2 rings (SSSR count). The predicted octanol–water partition coefficient (Wildman–Crippen LogP) is 1.56. The zero-order valence-corrected chi connectivity index (χ0v) is 12.8. The lowest BCUT2D eigenvalue weighted by Gasteiger charge is -2.16. The van der Waals surface area contributed by atoms with E-state index in [1.54, 1.807) is 32.1 Å². The van der Waals surface area contributed by atoms with Crippen LogP contribution < -0.4 is 5.56 Å². The van der Waals surface area contributed by atoms with Crippen LogP contribution in [0.1, 0.15) is 6.92 Å². The van der Waals surface area contributed by atoms with Crippen molar-refractivity contribution in [2.75, 3.05) is 14.1 Å². The van der Waals surface area contributed by atoms with Crippen molar-refractivity contribution in [3.05, 3.63) is 21.8 Å². The number of amides is 1. The number of hydrogen-bond acceptors (Lipinski definition) is 5. The molecule has 0 aliphatic carbocycles. The second-order valence-electron chi connectivity index (χ2n) is 4.39. The largest absolute Gasteiger partial charge is 0.348 e. The highest BCUT2D eigenvalue weighted by atomic mass is 32.2. The second-order valence-corrected chi connectivity index (χ2v) is 6.59. The van der Waals surface area contributed by atoms with Crippen molar-refractivity contribution in [3.63, 3.8) is 0 Å². The fourth-order valence-corrected chi connectivity index (χ4v) is 3.48. The minimum atomic E-state index is -0.273. The topological polar surface area (TPSA) is 55.2 Å². The SMILES string of the molecule is CC(Sc1nc2sccc2c(=O)n1C)C(=O)N(C)C. The maximum Gasteiger partial charge on any atom is 0.262 e. The van der Waals surface area contributed by atoms with Crippen molar-refractivity contribution in [2.45, 2.75) is 17.3 Å². The maximum absolute atomic E-state index is 12.1. The van der Waals surface area contributed by atoms with Crippen molar-refractivity contribution in [1.29, 1.82) is 0 Å². The van der Waals surface area contributed by atoms with Gasteiger partial charge < -0.3 is 4.90 Å². The number of carbonyl (C=O) groups is 1. The van der Waals surface area contributed by atoms with Crippen molar-refractivity contribution < 1.29 is 4.79 Å². The van der Waals surface area contributed by atoms with E-state index in [9.17, 15) is 9.59 Å². The molecule has 0 spiro atoms. The van der Waals surface area contributed by atoms with Gasteiger partial charge in [0, 0.05) is 21.1 Å². The molecule has 0 aromatic carbocycles. The van der Waals surface area contributed by atoms with Gasteiger partial charge in [0.1, 0.15) is 4.83 Å². The fourth-order valence-electron chi connectivity index (χ4n) is 1.66. The van der Waals surface area contributed by atoms with Gasteiger partial charge in [-0.25, -0.2) is 4.98 Å². The first-order valence-corrected chi connectivity index (χ1v) is 7.49. The molecule has 2 aromatic rings. The van der Waals surface area contributed by atoms with Gasteiger partial charge in [-0.3, -0.25) is 14.2 Å². The number of aromatic nitrogens is 2. The highest BCUT2D eigenvalue weighted by Gasteiger charge is 2.19. The average molecular weight is 297 g/mol. The smallest absolute Gasteiger partial charge is 0.262 e. The summed E-state index contributed by atoms with van der Waals surface area (Å²) < 4.78 is 1.50. The molecule has 0 aliphatic rings. The zero-order chi connectivity index (χ0) is 14.2. The number of thiophene rings is 1. The lowest BCUT2D eigenvalue weighted by molar-refractivity contribution is -0.127. The molecule has 0 fully saturated rings. The number of hydrogen-bond donors (Lipinski definition) is 0. The highest BCUT2D eigenvalue weighted by molar-refractivity contribution is 8.00. The van der Waals surface area contributed by atoms with Crippen LogP contribution in [-0.4, -0.2) is 39.7 Å². The molecule has 0 bridgehead atoms. The quantitative estimate of drug-likeness (QED) is 0.637. The molecule has 19 heavy (non-hydrogen) atoms. The standard InChI is InChI=1S/C12H15N3O2S2/c1-7(10(16)14(2)3)19-12-13-9-8(5-6-18-9)11(17)15(12)4/h5-7H,1-4H3. The molecular weight excluding hydrogens is 282 g/mol. The molecule has 2 heterocycles. The summed E-state index contributed by atoms with van der Waals surface area (Å²) >= 11 is 2.74. The van der Waals surface area contributed by atoms with Crippen LogP contribution in [-0.2, 0) is 11.8 Å². The van der Waals surface area contributed by atoms with Crippen LogP contribution in [0.2, 0.25) is 0 Å². The normalized spacial score (nSPS) is 12.6. The summed E-state index contributed by atoms with van der Waals surface area (Å²) in [6.45, 7) is 1.82. The molecule has 7 heteroatoms. The summed E-state index contributed by atoms with van der Waals surface area (Å²) in [5.41, 5.74) is -0.0711. The van der Waals surface area contributed by atoms with Crippen molar-refractivity contribution >= 4 is 39.2 Å². The molecule has 0 saturated heterocycles. The van der Waals surface area contributed by atoms with Crippen LogP contribution in [0.4, 0.5) is 0 Å². The summed E-state index contributed by atoms with van der Waals surface area (Å²) in [4.78, 5) is 30.7. The Labute approximate surface area is 119 Å². The molecule has 0 radical (unpaired) electrons. The fraction of sp³-hybridized carbons (Fsp3) is 0.417. The lowest BCUT2D eigenvalue weighted by Crippen LogP contribution is -2.30. The van der Waals surface area contributed by atoms with Crippen molar-refractivity contribution in [2.24, 2.45) is 7.05 Å². The third-order valence-corrected chi connectivity index (χ3v) is 4.67. The van der Waals surface area contributed by atoms with E-state index in [1.165, 1.54) is 27.7 Å². The number of nitrogens with zero attached hydrogens (tertiary/aromatic N) is 3. The summed E-state index contributed by atoms with van der Waals surface area (Å²) in [5.74, 6) is 0.00512. The Morgan fingerprint density at radius 3 is 2.84 bits per heavy atom. The molecule has 102 valence electrons. The lowest BCUT2D eigenvalue weighted by atomic mass is 10.4. The minimum absolute atomic E-state index is 0.00512. The van der Waals surface area contributed by atoms with E-state index in [2.05, 4.69) is 4.98 Å². The van der Waals surface area contributed by atoms with Crippen LogP contribution in [0.3, 0.4) is 0 Å². The summed E-state index contributed by atoms with van der Waals surface area (Å²) in [5, 5.41) is 2.78. The Morgan fingerprint density at radius 2 is 2.21 bits per heavy atom. The van der Waals surface area contributed by atoms with E-state index < -0.39 is 0 Å². The molecule has 0 saturated carbocycles. The summed E-state index contributed by atoms with van der Waals surface area (Å²) in [6.07, 6.45) is 0. The third-order valence-electron chi connectivity index (χ3n) is 2.73. The monoisotopic (exact) mass is 297 g/mol. The third kappa shape index (κ3) is 2.66. The van der Waals surface area contributed by atoms with Crippen LogP contribution in [0, 0.1) is 0 Å². The van der Waals surface area contributed by atoms with E-state index in [0.29, 0.717) is 10.5 Å². The first-order chi connectivity index (χ1) is 8.91. The van der Waals surface area contributed by atoms with Crippen LogP contribution in [0.5, 0.6) is 0 Å². The molecule has 1 amide bonds. The van der Waals surface area contributed by atoms with Gasteiger partial charge in [0.05, 0.1) is 10.6 Å².